The van der Waals surface area contributed by atoms with E-state index in [1.165, 1.54) is 0 Å². The zero-order valence-electron chi connectivity index (χ0n) is 16.3. The zero-order chi connectivity index (χ0) is 20.8. The summed E-state index contributed by atoms with van der Waals surface area (Å²) in [6, 6.07) is 7.37. The molecule has 1 aliphatic rings. The van der Waals surface area contributed by atoms with Crippen molar-refractivity contribution >= 4 is 23.3 Å². The molecule has 2 rings (SSSR count). The van der Waals surface area contributed by atoms with Gasteiger partial charge in [0.15, 0.2) is 6.61 Å². The SMILES string of the molecule is CC(C)c1ccccc1NC(=O)COC(=O)C[C@@H]1C(=O)C[C@@H](C)[C@H]1C[N+](=O)[O-]. The lowest BCUT2D eigenvalue weighted by atomic mass is 9.88. The molecule has 1 amide bonds. The van der Waals surface area contributed by atoms with E-state index in [1.807, 2.05) is 26.0 Å². The summed E-state index contributed by atoms with van der Waals surface area (Å²) in [7, 11) is 0. The maximum absolute atomic E-state index is 12.1. The van der Waals surface area contributed by atoms with Gasteiger partial charge in [0, 0.05) is 28.9 Å². The first-order chi connectivity index (χ1) is 13.2. The number of carbonyl (C=O) groups excluding carboxylic acids is 3. The number of nitrogens with one attached hydrogen (secondary N) is 1. The molecule has 1 fully saturated rings. The highest BCUT2D eigenvalue weighted by Crippen LogP contribution is 2.36. The van der Waals surface area contributed by atoms with Gasteiger partial charge in [0.2, 0.25) is 6.54 Å². The molecule has 152 valence electrons. The first-order valence-electron chi connectivity index (χ1n) is 9.38. The summed E-state index contributed by atoms with van der Waals surface area (Å²) >= 11 is 0. The van der Waals surface area contributed by atoms with E-state index in [0.717, 1.165) is 5.56 Å². The molecule has 0 saturated heterocycles. The Hall–Kier alpha value is -2.77. The molecular formula is C20H26N2O6. The number of para-hydroxylation sites is 1. The highest BCUT2D eigenvalue weighted by molar-refractivity contribution is 5.94. The first kappa shape index (κ1) is 21.5. The van der Waals surface area contributed by atoms with Crippen LogP contribution in [0.25, 0.3) is 0 Å². The van der Waals surface area contributed by atoms with Gasteiger partial charge >= 0.3 is 5.97 Å². The van der Waals surface area contributed by atoms with Crippen molar-refractivity contribution in [2.24, 2.45) is 17.8 Å². The lowest BCUT2D eigenvalue weighted by Gasteiger charge is -2.17. The molecule has 0 bridgehead atoms. The average Bonchev–Trinajstić information content (AvgIpc) is 2.86. The number of nitro groups is 1. The van der Waals surface area contributed by atoms with Gasteiger partial charge in [-0.25, -0.2) is 0 Å². The molecule has 0 aromatic heterocycles. The highest BCUT2D eigenvalue weighted by Gasteiger charge is 2.44. The number of esters is 1. The molecule has 0 spiro atoms. The van der Waals surface area contributed by atoms with Crippen LogP contribution < -0.4 is 5.32 Å². The van der Waals surface area contributed by atoms with Crippen LogP contribution in [0.15, 0.2) is 24.3 Å². The summed E-state index contributed by atoms with van der Waals surface area (Å²) in [5.74, 6) is -2.48. The Morgan fingerprint density at radius 3 is 2.64 bits per heavy atom. The van der Waals surface area contributed by atoms with Crippen LogP contribution in [0.2, 0.25) is 0 Å². The second-order valence-electron chi connectivity index (χ2n) is 7.59. The molecular weight excluding hydrogens is 364 g/mol. The van der Waals surface area contributed by atoms with Gasteiger partial charge in [-0.05, 0) is 23.5 Å². The number of benzene rings is 1. The molecule has 0 aliphatic heterocycles. The number of hydrogen-bond donors (Lipinski definition) is 1. The Labute approximate surface area is 163 Å². The quantitative estimate of drug-likeness (QED) is 0.414. The van der Waals surface area contributed by atoms with Crippen molar-refractivity contribution in [2.45, 2.75) is 39.5 Å². The summed E-state index contributed by atoms with van der Waals surface area (Å²) in [6.45, 7) is 4.97. The van der Waals surface area contributed by atoms with Gasteiger partial charge < -0.3 is 10.1 Å². The largest absolute Gasteiger partial charge is 0.456 e. The standard InChI is InChI=1S/C20H26N2O6/c1-12(2)14-6-4-5-7-17(14)21-19(24)11-28-20(25)9-15-16(10-22(26)27)13(3)8-18(15)23/h4-7,12-13,15-16H,8-11H2,1-3H3,(H,21,24)/t13-,15+,16-/m1/s1. The first-order valence-corrected chi connectivity index (χ1v) is 9.38. The van der Waals surface area contributed by atoms with Gasteiger partial charge in [-0.15, -0.1) is 0 Å². The van der Waals surface area contributed by atoms with Crippen LogP contribution in [0.3, 0.4) is 0 Å². The second-order valence-corrected chi connectivity index (χ2v) is 7.59. The molecule has 1 aromatic rings. The van der Waals surface area contributed by atoms with Crippen molar-refractivity contribution < 1.29 is 24.0 Å². The van der Waals surface area contributed by atoms with Crippen LogP contribution in [-0.2, 0) is 19.1 Å². The van der Waals surface area contributed by atoms with Crippen LogP contribution in [0, 0.1) is 27.9 Å². The monoisotopic (exact) mass is 390 g/mol. The number of anilines is 1. The van der Waals surface area contributed by atoms with E-state index in [2.05, 4.69) is 5.32 Å². The fourth-order valence-electron chi connectivity index (χ4n) is 3.69. The lowest BCUT2D eigenvalue weighted by molar-refractivity contribution is -0.490. The van der Waals surface area contributed by atoms with Crippen molar-refractivity contribution in [3.8, 4) is 0 Å². The van der Waals surface area contributed by atoms with Crippen molar-refractivity contribution in [1.82, 2.24) is 0 Å². The van der Waals surface area contributed by atoms with Crippen LogP contribution in [0.4, 0.5) is 5.69 Å². The van der Waals surface area contributed by atoms with E-state index < -0.39 is 35.2 Å². The van der Waals surface area contributed by atoms with Crippen molar-refractivity contribution in [3.05, 3.63) is 39.9 Å². The summed E-state index contributed by atoms with van der Waals surface area (Å²) in [4.78, 5) is 46.7. The number of hydrogen-bond acceptors (Lipinski definition) is 6. The zero-order valence-corrected chi connectivity index (χ0v) is 16.3. The maximum atomic E-state index is 12.1. The third-order valence-electron chi connectivity index (χ3n) is 5.15. The molecule has 8 nitrogen and oxygen atoms in total. The minimum atomic E-state index is -0.724. The number of ketones is 1. The van der Waals surface area contributed by atoms with E-state index >= 15 is 0 Å². The Bertz CT molecular complexity index is 761. The summed E-state index contributed by atoms with van der Waals surface area (Å²) in [5, 5.41) is 13.5. The summed E-state index contributed by atoms with van der Waals surface area (Å²) < 4.78 is 5.00. The van der Waals surface area contributed by atoms with Crippen molar-refractivity contribution in [3.63, 3.8) is 0 Å². The number of rotatable bonds is 8. The lowest BCUT2D eigenvalue weighted by Crippen LogP contribution is -2.28. The van der Waals surface area contributed by atoms with Gasteiger partial charge in [0.05, 0.1) is 6.42 Å². The number of carbonyl (C=O) groups is 3. The van der Waals surface area contributed by atoms with Crippen LogP contribution in [0.5, 0.6) is 0 Å². The van der Waals surface area contributed by atoms with Gasteiger partial charge in [-0.3, -0.25) is 24.5 Å². The van der Waals surface area contributed by atoms with E-state index in [0.29, 0.717) is 5.69 Å². The smallest absolute Gasteiger partial charge is 0.307 e. The van der Waals surface area contributed by atoms with Crippen LogP contribution in [-0.4, -0.2) is 35.7 Å². The third-order valence-corrected chi connectivity index (χ3v) is 5.15. The van der Waals surface area contributed by atoms with Gasteiger partial charge in [0.25, 0.3) is 5.91 Å². The predicted octanol–water partition coefficient (Wildman–Crippen LogP) is 2.80. The second kappa shape index (κ2) is 9.43. The molecule has 3 atom stereocenters. The van der Waals surface area contributed by atoms with E-state index in [-0.39, 0.29) is 37.0 Å². The molecule has 1 N–H and O–H groups in total. The Balaban J connectivity index is 1.89. The Morgan fingerprint density at radius 2 is 2.00 bits per heavy atom. The van der Waals surface area contributed by atoms with Crippen LogP contribution >= 0.6 is 0 Å². The predicted molar refractivity (Wildman–Crippen MR) is 102 cm³/mol. The van der Waals surface area contributed by atoms with E-state index in [1.54, 1.807) is 19.1 Å². The van der Waals surface area contributed by atoms with E-state index in [9.17, 15) is 24.5 Å². The minimum Gasteiger partial charge on any atom is -0.456 e. The van der Waals surface area contributed by atoms with Gasteiger partial charge in [-0.2, -0.15) is 0 Å². The van der Waals surface area contributed by atoms with Crippen molar-refractivity contribution in [1.29, 1.82) is 0 Å². The fraction of sp³-hybridized carbons (Fsp3) is 0.550. The van der Waals surface area contributed by atoms with E-state index in [4.69, 9.17) is 4.74 Å². The summed E-state index contributed by atoms with van der Waals surface area (Å²) in [5.41, 5.74) is 1.62. The third kappa shape index (κ3) is 5.61. The molecule has 0 heterocycles. The Morgan fingerprint density at radius 1 is 1.32 bits per heavy atom. The molecule has 28 heavy (non-hydrogen) atoms. The van der Waals surface area contributed by atoms with Gasteiger partial charge in [0.1, 0.15) is 5.78 Å². The number of nitrogens with zero attached hydrogens (tertiary/aromatic N) is 1. The molecule has 1 saturated carbocycles. The average molecular weight is 390 g/mol. The maximum Gasteiger partial charge on any atom is 0.307 e. The fourth-order valence-corrected chi connectivity index (χ4v) is 3.69. The molecule has 1 aliphatic carbocycles. The number of ether oxygens (including phenoxy) is 1. The topological polar surface area (TPSA) is 116 Å². The minimum absolute atomic E-state index is 0.147. The van der Waals surface area contributed by atoms with Crippen molar-refractivity contribution in [2.75, 3.05) is 18.5 Å². The Kier molecular flexibility index (Phi) is 7.25. The number of Topliss-reactive ketones (excluding diaryl/α,β-unsaturated/α-hetero) is 1. The highest BCUT2D eigenvalue weighted by atomic mass is 16.6. The molecule has 0 unspecified atom stereocenters. The number of amides is 1. The molecule has 1 aromatic carbocycles. The molecule has 0 radical (unpaired) electrons. The van der Waals surface area contributed by atoms with Gasteiger partial charge in [-0.1, -0.05) is 39.0 Å². The molecule has 8 heteroatoms. The normalized spacial score (nSPS) is 21.6. The summed E-state index contributed by atoms with van der Waals surface area (Å²) in [6.07, 6.45) is -0.0134. The van der Waals surface area contributed by atoms with Crippen LogP contribution in [0.1, 0.15) is 45.1 Å².